The Morgan fingerprint density at radius 3 is 2.31 bits per heavy atom. The number of hydrogen-bond donors (Lipinski definition) is 1. The minimum atomic E-state index is 0.968. The van der Waals surface area contributed by atoms with E-state index in [0.717, 1.165) is 15.7 Å². The van der Waals surface area contributed by atoms with Crippen molar-refractivity contribution in [2.45, 2.75) is 0 Å². The molecule has 0 radical (unpaired) electrons. The van der Waals surface area contributed by atoms with E-state index in [-0.39, 0.29) is 0 Å². The molecule has 2 rings (SSSR count). The van der Waals surface area contributed by atoms with Gasteiger partial charge in [-0.25, -0.2) is 0 Å². The summed E-state index contributed by atoms with van der Waals surface area (Å²) in [6.45, 7) is 0. The number of rotatable bonds is 3. The third-order valence-corrected chi connectivity index (χ3v) is 2.58. The van der Waals surface area contributed by atoms with E-state index in [9.17, 15) is 0 Å². The zero-order valence-corrected chi connectivity index (χ0v) is 10.2. The van der Waals surface area contributed by atoms with Crippen molar-refractivity contribution in [3.8, 4) is 0 Å². The van der Waals surface area contributed by atoms with Gasteiger partial charge in [-0.15, -0.1) is 0 Å². The lowest BCUT2D eigenvalue weighted by Crippen LogP contribution is -1.89. The van der Waals surface area contributed by atoms with Gasteiger partial charge in [0, 0.05) is 4.47 Å². The summed E-state index contributed by atoms with van der Waals surface area (Å²) in [6, 6.07) is 17.8. The first-order valence-corrected chi connectivity index (χ1v) is 5.73. The van der Waals surface area contributed by atoms with E-state index in [4.69, 9.17) is 0 Å². The molecule has 0 amide bonds. The molecule has 2 aromatic rings. The molecule has 0 fully saturated rings. The maximum atomic E-state index is 4.15. The predicted octanol–water partition coefficient (Wildman–Crippen LogP) is 3.90. The van der Waals surface area contributed by atoms with Crippen LogP contribution in [0.3, 0.4) is 0 Å². The van der Waals surface area contributed by atoms with Crippen molar-refractivity contribution in [1.82, 2.24) is 0 Å². The summed E-state index contributed by atoms with van der Waals surface area (Å²) in [5.41, 5.74) is 5.01. The number of halogens is 1. The van der Waals surface area contributed by atoms with Gasteiger partial charge < -0.3 is 0 Å². The van der Waals surface area contributed by atoms with Gasteiger partial charge >= 0.3 is 0 Å². The molecular formula is C13H11BrN2. The van der Waals surface area contributed by atoms with Crippen LogP contribution in [0, 0.1) is 0 Å². The van der Waals surface area contributed by atoms with Crippen LogP contribution in [0.25, 0.3) is 0 Å². The highest BCUT2D eigenvalue weighted by Gasteiger charge is 1.89. The lowest BCUT2D eigenvalue weighted by atomic mass is 10.2. The van der Waals surface area contributed by atoms with Crippen molar-refractivity contribution in [3.05, 3.63) is 64.6 Å². The Morgan fingerprint density at radius 2 is 1.62 bits per heavy atom. The molecule has 80 valence electrons. The zero-order chi connectivity index (χ0) is 11.2. The molecule has 0 atom stereocenters. The van der Waals surface area contributed by atoms with Gasteiger partial charge in [-0.2, -0.15) is 5.10 Å². The monoisotopic (exact) mass is 274 g/mol. The van der Waals surface area contributed by atoms with E-state index in [1.807, 2.05) is 54.6 Å². The van der Waals surface area contributed by atoms with Crippen LogP contribution in [-0.4, -0.2) is 6.21 Å². The average Bonchev–Trinajstić information content (AvgIpc) is 2.33. The van der Waals surface area contributed by atoms with Gasteiger partial charge in [0.05, 0.1) is 11.9 Å². The Labute approximate surface area is 103 Å². The topological polar surface area (TPSA) is 24.4 Å². The Hall–Kier alpha value is -1.61. The first-order valence-electron chi connectivity index (χ1n) is 4.94. The molecule has 16 heavy (non-hydrogen) atoms. The van der Waals surface area contributed by atoms with E-state index in [0.29, 0.717) is 0 Å². The third-order valence-electron chi connectivity index (χ3n) is 2.05. The van der Waals surface area contributed by atoms with Crippen molar-refractivity contribution < 1.29 is 0 Å². The lowest BCUT2D eigenvalue weighted by molar-refractivity contribution is 1.35. The summed E-state index contributed by atoms with van der Waals surface area (Å²) in [5.74, 6) is 0. The summed E-state index contributed by atoms with van der Waals surface area (Å²) in [5, 5.41) is 4.15. The molecule has 0 bridgehead atoms. The van der Waals surface area contributed by atoms with Crippen LogP contribution in [0.5, 0.6) is 0 Å². The van der Waals surface area contributed by atoms with Crippen LogP contribution in [0.2, 0.25) is 0 Å². The lowest BCUT2D eigenvalue weighted by Gasteiger charge is -1.99. The van der Waals surface area contributed by atoms with Crippen LogP contribution in [0.1, 0.15) is 5.56 Å². The second kappa shape index (κ2) is 5.47. The van der Waals surface area contributed by atoms with Crippen LogP contribution in [0.4, 0.5) is 5.69 Å². The Bertz CT molecular complexity index is 463. The molecule has 0 aliphatic carbocycles. The number of nitrogens with one attached hydrogen (secondary N) is 1. The molecule has 1 N–H and O–H groups in total. The van der Waals surface area contributed by atoms with Crippen LogP contribution in [-0.2, 0) is 0 Å². The van der Waals surface area contributed by atoms with Crippen LogP contribution in [0.15, 0.2) is 64.2 Å². The number of hydrogen-bond acceptors (Lipinski definition) is 2. The Kier molecular flexibility index (Phi) is 3.72. The quantitative estimate of drug-likeness (QED) is 0.667. The fourth-order valence-corrected chi connectivity index (χ4v) is 1.51. The molecule has 0 aromatic heterocycles. The molecule has 3 heteroatoms. The second-order valence-corrected chi connectivity index (χ2v) is 4.20. The number of anilines is 1. The summed E-state index contributed by atoms with van der Waals surface area (Å²) >= 11 is 3.38. The van der Waals surface area contributed by atoms with Gasteiger partial charge in [-0.3, -0.25) is 5.43 Å². The first kappa shape index (κ1) is 10.9. The van der Waals surface area contributed by atoms with Crippen LogP contribution >= 0.6 is 15.9 Å². The smallest absolute Gasteiger partial charge is 0.0562 e. The third kappa shape index (κ3) is 3.21. The molecule has 0 spiro atoms. The van der Waals surface area contributed by atoms with Crippen molar-refractivity contribution in [3.63, 3.8) is 0 Å². The average molecular weight is 275 g/mol. The molecule has 0 aliphatic rings. The largest absolute Gasteiger partial charge is 0.279 e. The molecule has 0 saturated carbocycles. The molecule has 0 heterocycles. The fraction of sp³-hybridized carbons (Fsp3) is 0. The summed E-state index contributed by atoms with van der Waals surface area (Å²) in [6.07, 6.45) is 1.79. The van der Waals surface area contributed by atoms with Crippen molar-refractivity contribution in [2.24, 2.45) is 5.10 Å². The fourth-order valence-electron chi connectivity index (χ4n) is 1.24. The van der Waals surface area contributed by atoms with Gasteiger partial charge in [-0.1, -0.05) is 46.3 Å². The molecule has 0 saturated heterocycles. The van der Waals surface area contributed by atoms with E-state index in [1.165, 1.54) is 0 Å². The first-order chi connectivity index (χ1) is 7.84. The molecule has 2 nitrogen and oxygen atoms in total. The van der Waals surface area contributed by atoms with Crippen molar-refractivity contribution in [2.75, 3.05) is 5.43 Å². The highest BCUT2D eigenvalue weighted by Crippen LogP contribution is 2.13. The summed E-state index contributed by atoms with van der Waals surface area (Å²) in [7, 11) is 0. The highest BCUT2D eigenvalue weighted by molar-refractivity contribution is 9.10. The summed E-state index contributed by atoms with van der Waals surface area (Å²) < 4.78 is 1.06. The van der Waals surface area contributed by atoms with Crippen LogP contribution < -0.4 is 5.43 Å². The maximum Gasteiger partial charge on any atom is 0.0562 e. The maximum absolute atomic E-state index is 4.15. The number of benzene rings is 2. The van der Waals surface area contributed by atoms with Gasteiger partial charge in [0.2, 0.25) is 0 Å². The molecule has 2 aromatic carbocycles. The van der Waals surface area contributed by atoms with E-state index >= 15 is 0 Å². The molecule has 0 aliphatic heterocycles. The minimum Gasteiger partial charge on any atom is -0.279 e. The standard InChI is InChI=1S/C13H11BrN2/c14-12-6-8-13(9-7-12)16-15-10-11-4-2-1-3-5-11/h1-10,16H/b15-10-. The molecule has 0 unspecified atom stereocenters. The Morgan fingerprint density at radius 1 is 0.938 bits per heavy atom. The van der Waals surface area contributed by atoms with Gasteiger partial charge in [0.15, 0.2) is 0 Å². The van der Waals surface area contributed by atoms with Gasteiger partial charge in [0.25, 0.3) is 0 Å². The predicted molar refractivity (Wildman–Crippen MR) is 71.8 cm³/mol. The van der Waals surface area contributed by atoms with E-state index in [2.05, 4.69) is 26.5 Å². The van der Waals surface area contributed by atoms with Gasteiger partial charge in [0.1, 0.15) is 0 Å². The second-order valence-electron chi connectivity index (χ2n) is 3.29. The molecular weight excluding hydrogens is 264 g/mol. The highest BCUT2D eigenvalue weighted by atomic mass is 79.9. The normalized spacial score (nSPS) is 10.6. The zero-order valence-electron chi connectivity index (χ0n) is 8.60. The number of nitrogens with zero attached hydrogens (tertiary/aromatic N) is 1. The Balaban J connectivity index is 1.97. The van der Waals surface area contributed by atoms with Crippen molar-refractivity contribution in [1.29, 1.82) is 0 Å². The number of hydrazone groups is 1. The van der Waals surface area contributed by atoms with E-state index in [1.54, 1.807) is 6.21 Å². The minimum absolute atomic E-state index is 0.968. The van der Waals surface area contributed by atoms with Crippen molar-refractivity contribution >= 4 is 27.8 Å². The summed E-state index contributed by atoms with van der Waals surface area (Å²) in [4.78, 5) is 0. The van der Waals surface area contributed by atoms with Gasteiger partial charge in [-0.05, 0) is 29.8 Å². The SMILES string of the molecule is Brc1ccc(N/N=C\c2ccccc2)cc1. The van der Waals surface area contributed by atoms with E-state index < -0.39 is 0 Å².